The molecule has 2 aromatic heterocycles. The summed E-state index contributed by atoms with van der Waals surface area (Å²) in [5.74, 6) is 1.40. The van der Waals surface area contributed by atoms with Crippen molar-refractivity contribution in [1.29, 1.82) is 0 Å². The molecule has 148 valence electrons. The van der Waals surface area contributed by atoms with Crippen LogP contribution < -0.4 is 10.5 Å². The molecule has 0 spiro atoms. The molecule has 0 atom stereocenters. The highest BCUT2D eigenvalue weighted by molar-refractivity contribution is 6.08. The topological polar surface area (TPSA) is 61.0 Å². The number of aryl methyl sites for hydroxylation is 4. The summed E-state index contributed by atoms with van der Waals surface area (Å²) in [7, 11) is 1.70. The molecule has 0 radical (unpaired) electrons. The Morgan fingerprint density at radius 1 is 0.931 bits per heavy atom. The first-order valence-electron chi connectivity index (χ1n) is 10.2. The number of methoxy groups -OCH3 is 1. The summed E-state index contributed by atoms with van der Waals surface area (Å²) in [5, 5.41) is 2.20. The number of hydrogen-bond donors (Lipinski definition) is 1. The molecular formula is C25H27N3O. The van der Waals surface area contributed by atoms with Gasteiger partial charge in [-0.25, -0.2) is 4.98 Å². The van der Waals surface area contributed by atoms with Gasteiger partial charge in [0.2, 0.25) is 0 Å². The molecule has 0 aliphatic carbocycles. The van der Waals surface area contributed by atoms with Crippen molar-refractivity contribution in [2.45, 2.75) is 39.5 Å². The number of fused-ring (bicyclic) bond motifs is 3. The number of nitrogens with zero attached hydrogens (tertiary/aromatic N) is 2. The fraction of sp³-hybridized carbons (Fsp3) is 0.280. The molecule has 4 aromatic rings. The van der Waals surface area contributed by atoms with Gasteiger partial charge in [0.1, 0.15) is 11.3 Å². The minimum atomic E-state index is 0.499. The number of rotatable bonds is 6. The monoisotopic (exact) mass is 385 g/mol. The number of nitrogens with two attached hydrogens (primary N) is 1. The van der Waals surface area contributed by atoms with Crippen LogP contribution in [0.1, 0.15) is 35.6 Å². The highest BCUT2D eigenvalue weighted by Gasteiger charge is 2.10. The summed E-state index contributed by atoms with van der Waals surface area (Å²) in [6.07, 6.45) is 5.98. The van der Waals surface area contributed by atoms with Gasteiger partial charge in [-0.15, -0.1) is 0 Å². The molecular weight excluding hydrogens is 358 g/mol. The zero-order valence-electron chi connectivity index (χ0n) is 17.3. The van der Waals surface area contributed by atoms with E-state index in [1.165, 1.54) is 22.3 Å². The Morgan fingerprint density at radius 2 is 1.79 bits per heavy atom. The van der Waals surface area contributed by atoms with Gasteiger partial charge in [0.15, 0.2) is 5.82 Å². The second kappa shape index (κ2) is 8.08. The third kappa shape index (κ3) is 3.88. The van der Waals surface area contributed by atoms with Gasteiger partial charge in [-0.1, -0.05) is 31.5 Å². The van der Waals surface area contributed by atoms with Gasteiger partial charge < -0.3 is 10.5 Å². The molecule has 4 heteroatoms. The summed E-state index contributed by atoms with van der Waals surface area (Å²) in [6.45, 7) is 4.32. The van der Waals surface area contributed by atoms with Crippen LogP contribution in [-0.4, -0.2) is 17.1 Å². The van der Waals surface area contributed by atoms with E-state index in [0.29, 0.717) is 5.82 Å². The molecule has 2 aromatic carbocycles. The van der Waals surface area contributed by atoms with Crippen molar-refractivity contribution in [1.82, 2.24) is 9.97 Å². The van der Waals surface area contributed by atoms with Gasteiger partial charge in [-0.3, -0.25) is 4.98 Å². The van der Waals surface area contributed by atoms with Gasteiger partial charge in [-0.2, -0.15) is 0 Å². The Hall–Kier alpha value is -3.14. The van der Waals surface area contributed by atoms with E-state index < -0.39 is 0 Å². The molecule has 29 heavy (non-hydrogen) atoms. The number of nitrogen functional groups attached to an aromatic ring is 1. The predicted octanol–water partition coefficient (Wildman–Crippen LogP) is 5.42. The van der Waals surface area contributed by atoms with Gasteiger partial charge in [0, 0.05) is 17.0 Å². The normalized spacial score (nSPS) is 11.3. The summed E-state index contributed by atoms with van der Waals surface area (Å²) in [4.78, 5) is 9.25. The maximum atomic E-state index is 6.22. The van der Waals surface area contributed by atoms with E-state index in [0.717, 1.165) is 53.2 Å². The van der Waals surface area contributed by atoms with Crippen LogP contribution in [0, 0.1) is 6.92 Å². The molecule has 0 unspecified atom stereocenters. The summed E-state index contributed by atoms with van der Waals surface area (Å²) >= 11 is 0. The third-order valence-corrected chi connectivity index (χ3v) is 5.55. The van der Waals surface area contributed by atoms with Crippen LogP contribution in [0.15, 0.2) is 48.7 Å². The van der Waals surface area contributed by atoms with Crippen molar-refractivity contribution in [3.63, 3.8) is 0 Å². The molecule has 4 nitrogen and oxygen atoms in total. The Kier molecular flexibility index (Phi) is 5.34. The van der Waals surface area contributed by atoms with Crippen LogP contribution in [-0.2, 0) is 19.3 Å². The number of ether oxygens (including phenoxy) is 1. The number of anilines is 1. The molecule has 2 N–H and O–H groups in total. The molecule has 4 rings (SSSR count). The van der Waals surface area contributed by atoms with E-state index >= 15 is 0 Å². The molecule has 0 amide bonds. The third-order valence-electron chi connectivity index (χ3n) is 5.55. The molecule has 0 saturated heterocycles. The number of pyridine rings is 2. The van der Waals surface area contributed by atoms with E-state index in [1.54, 1.807) is 7.11 Å². The van der Waals surface area contributed by atoms with Crippen LogP contribution in [0.5, 0.6) is 5.75 Å². The minimum absolute atomic E-state index is 0.499. The summed E-state index contributed by atoms with van der Waals surface area (Å²) in [6, 6.07) is 15.0. The predicted molar refractivity (Wildman–Crippen MR) is 121 cm³/mol. The van der Waals surface area contributed by atoms with E-state index in [9.17, 15) is 0 Å². The Labute approximate surface area is 171 Å². The van der Waals surface area contributed by atoms with Crippen LogP contribution in [0.3, 0.4) is 0 Å². The number of hydrogen-bond acceptors (Lipinski definition) is 4. The highest BCUT2D eigenvalue weighted by Crippen LogP contribution is 2.28. The highest BCUT2D eigenvalue weighted by atomic mass is 16.5. The first-order chi connectivity index (χ1) is 14.1. The average molecular weight is 386 g/mol. The number of aromatic nitrogens is 2. The number of benzene rings is 2. The summed E-state index contributed by atoms with van der Waals surface area (Å²) in [5.41, 5.74) is 13.0. The molecule has 0 bridgehead atoms. The fourth-order valence-corrected chi connectivity index (χ4v) is 3.93. The van der Waals surface area contributed by atoms with E-state index in [-0.39, 0.29) is 0 Å². The first-order valence-corrected chi connectivity index (χ1v) is 10.2. The smallest absolute Gasteiger partial charge is 0.150 e. The van der Waals surface area contributed by atoms with Crippen LogP contribution in [0.25, 0.3) is 21.8 Å². The van der Waals surface area contributed by atoms with E-state index in [4.69, 9.17) is 10.5 Å². The van der Waals surface area contributed by atoms with Crippen molar-refractivity contribution >= 4 is 27.6 Å². The van der Waals surface area contributed by atoms with Crippen molar-refractivity contribution < 1.29 is 4.74 Å². The van der Waals surface area contributed by atoms with Crippen molar-refractivity contribution in [3.8, 4) is 5.75 Å². The molecule has 0 saturated carbocycles. The standard InChI is InChI=1S/C25H27N3O/c1-4-5-17-7-11-21-22-13-18(15-27-24(22)25(26)28-23(21)14-17)6-8-19-9-10-20(29-3)12-16(19)2/h7,9-15H,4-6,8H2,1-3H3,(H2,26,28). The molecule has 0 aliphatic rings. The lowest BCUT2D eigenvalue weighted by molar-refractivity contribution is 0.414. The molecule has 2 heterocycles. The fourth-order valence-electron chi connectivity index (χ4n) is 3.93. The van der Waals surface area contributed by atoms with E-state index in [1.807, 2.05) is 12.3 Å². The quantitative estimate of drug-likeness (QED) is 0.450. The van der Waals surface area contributed by atoms with Gasteiger partial charge in [0.25, 0.3) is 0 Å². The second-order valence-electron chi connectivity index (χ2n) is 7.63. The first kappa shape index (κ1) is 19.2. The van der Waals surface area contributed by atoms with Crippen molar-refractivity contribution in [3.05, 3.63) is 70.9 Å². The lowest BCUT2D eigenvalue weighted by atomic mass is 9.99. The SMILES string of the molecule is CCCc1ccc2c(c1)nc(N)c1ncc(CCc3ccc(OC)cc3C)cc12. The second-order valence-corrected chi connectivity index (χ2v) is 7.63. The minimum Gasteiger partial charge on any atom is -0.497 e. The largest absolute Gasteiger partial charge is 0.497 e. The van der Waals surface area contributed by atoms with Crippen LogP contribution >= 0.6 is 0 Å². The van der Waals surface area contributed by atoms with Crippen LogP contribution in [0.4, 0.5) is 5.82 Å². The Bertz CT molecular complexity index is 1180. The van der Waals surface area contributed by atoms with Gasteiger partial charge in [0.05, 0.1) is 12.6 Å². The summed E-state index contributed by atoms with van der Waals surface area (Å²) < 4.78 is 5.31. The molecule has 0 aliphatic heterocycles. The Balaban J connectivity index is 1.68. The maximum Gasteiger partial charge on any atom is 0.150 e. The lowest BCUT2D eigenvalue weighted by Gasteiger charge is -2.11. The van der Waals surface area contributed by atoms with Gasteiger partial charge in [-0.05, 0) is 72.7 Å². The van der Waals surface area contributed by atoms with Gasteiger partial charge >= 0.3 is 0 Å². The van der Waals surface area contributed by atoms with E-state index in [2.05, 4.69) is 60.2 Å². The lowest BCUT2D eigenvalue weighted by Crippen LogP contribution is -1.99. The molecule has 0 fully saturated rings. The zero-order chi connectivity index (χ0) is 20.4. The van der Waals surface area contributed by atoms with Crippen molar-refractivity contribution in [2.75, 3.05) is 12.8 Å². The Morgan fingerprint density at radius 3 is 2.55 bits per heavy atom. The van der Waals surface area contributed by atoms with Crippen LogP contribution in [0.2, 0.25) is 0 Å². The average Bonchev–Trinajstić information content (AvgIpc) is 2.73. The van der Waals surface area contributed by atoms with Crippen molar-refractivity contribution in [2.24, 2.45) is 0 Å². The maximum absolute atomic E-state index is 6.22. The zero-order valence-corrected chi connectivity index (χ0v) is 17.3.